The van der Waals surface area contributed by atoms with Crippen LogP contribution in [0.3, 0.4) is 0 Å². The van der Waals surface area contributed by atoms with E-state index in [0.29, 0.717) is 0 Å². The van der Waals surface area contributed by atoms with Crippen molar-refractivity contribution in [1.29, 1.82) is 0 Å². The summed E-state index contributed by atoms with van der Waals surface area (Å²) in [5, 5.41) is 0. The molecule has 2 atom stereocenters. The average Bonchev–Trinajstić information content (AvgIpc) is 2.72. The van der Waals surface area contributed by atoms with E-state index in [9.17, 15) is 0 Å². The highest BCUT2D eigenvalue weighted by atomic mass is 31.1. The van der Waals surface area contributed by atoms with E-state index in [2.05, 4.69) is 0 Å². The molecular weight excluding hydrogens is 259 g/mol. The third kappa shape index (κ3) is 8.02. The monoisotopic (exact) mass is 298 g/mol. The number of hydrogen-bond donors (Lipinski definition) is 0. The minimum atomic E-state index is 1.11. The molecule has 2 aliphatic rings. The first kappa shape index (κ1) is 18.5. The van der Waals surface area contributed by atoms with Crippen molar-refractivity contribution in [3.05, 3.63) is 0 Å². The highest BCUT2D eigenvalue weighted by Crippen LogP contribution is 2.38. The van der Waals surface area contributed by atoms with Crippen molar-refractivity contribution in [2.45, 2.75) is 109 Å². The van der Waals surface area contributed by atoms with Crippen LogP contribution in [0.2, 0.25) is 0 Å². The van der Waals surface area contributed by atoms with Crippen LogP contribution in [0.15, 0.2) is 0 Å². The van der Waals surface area contributed by atoms with Gasteiger partial charge >= 0.3 is 0 Å². The van der Waals surface area contributed by atoms with Gasteiger partial charge in [-0.25, -0.2) is 0 Å². The molecule has 0 amide bonds. The summed E-state index contributed by atoms with van der Waals surface area (Å²) in [4.78, 5) is 0. The van der Waals surface area contributed by atoms with Crippen molar-refractivity contribution >= 4 is 8.58 Å². The molecule has 0 bridgehead atoms. The predicted octanol–water partition coefficient (Wildman–Crippen LogP) is 7.16. The third-order valence-corrected chi connectivity index (χ3v) is 6.99. The van der Waals surface area contributed by atoms with E-state index in [1.807, 2.05) is 13.8 Å². The minimum absolute atomic E-state index is 1.11. The summed E-state index contributed by atoms with van der Waals surface area (Å²) in [6.45, 7) is 4.00. The zero-order valence-corrected chi connectivity index (χ0v) is 15.3. The van der Waals surface area contributed by atoms with Gasteiger partial charge in [0.05, 0.1) is 0 Å². The smallest absolute Gasteiger partial charge is 0.0208 e. The normalized spacial score (nSPS) is 28.8. The first-order valence-corrected chi connectivity index (χ1v) is 11.0. The maximum Gasteiger partial charge on any atom is -0.0208 e. The fraction of sp³-hybridized carbons (Fsp3) is 1.00. The maximum atomic E-state index is 2.00. The van der Waals surface area contributed by atoms with Gasteiger partial charge in [0.25, 0.3) is 0 Å². The molecule has 2 fully saturated rings. The lowest BCUT2D eigenvalue weighted by atomic mass is 9.90. The van der Waals surface area contributed by atoms with Gasteiger partial charge in [0.15, 0.2) is 0 Å². The summed E-state index contributed by atoms with van der Waals surface area (Å²) in [7, 11) is 1.30. The zero-order valence-electron chi connectivity index (χ0n) is 14.3. The van der Waals surface area contributed by atoms with Crippen LogP contribution in [0, 0.1) is 5.92 Å². The SMILES string of the molecule is C1CCCCC(C2CCCCCCCP2)CCC1.CC. The summed E-state index contributed by atoms with van der Waals surface area (Å²) in [5.74, 6) is 1.11. The van der Waals surface area contributed by atoms with Crippen LogP contribution in [0.4, 0.5) is 0 Å². The molecule has 0 nitrogen and oxygen atoms in total. The molecule has 0 N–H and O–H groups in total. The van der Waals surface area contributed by atoms with E-state index in [-0.39, 0.29) is 0 Å². The molecule has 120 valence electrons. The molecule has 1 saturated carbocycles. The molecule has 0 radical (unpaired) electrons. The van der Waals surface area contributed by atoms with Crippen LogP contribution >= 0.6 is 8.58 Å². The second kappa shape index (κ2) is 13.1. The standard InChI is InChI=1S/C17H33P.C2H6/c1-2-5-9-13-16(12-8-4-1)17-14-10-6-3-7-11-15-18-17;1-2/h16-18H,1-15H2;1-2H3. The van der Waals surface area contributed by atoms with Crippen molar-refractivity contribution in [3.8, 4) is 0 Å². The topological polar surface area (TPSA) is 0 Å². The van der Waals surface area contributed by atoms with Crippen molar-refractivity contribution in [2.24, 2.45) is 5.92 Å². The highest BCUT2D eigenvalue weighted by molar-refractivity contribution is 7.38. The lowest BCUT2D eigenvalue weighted by Gasteiger charge is -2.27. The Kier molecular flexibility index (Phi) is 12.1. The average molecular weight is 298 g/mol. The Morgan fingerprint density at radius 3 is 1.60 bits per heavy atom. The van der Waals surface area contributed by atoms with Crippen LogP contribution in [-0.4, -0.2) is 11.8 Å². The van der Waals surface area contributed by atoms with Gasteiger partial charge in [-0.3, -0.25) is 0 Å². The molecule has 1 heteroatoms. The van der Waals surface area contributed by atoms with Crippen LogP contribution in [0.25, 0.3) is 0 Å². The van der Waals surface area contributed by atoms with Crippen LogP contribution < -0.4 is 0 Å². The molecule has 1 saturated heterocycles. The quantitative estimate of drug-likeness (QED) is 0.450. The number of rotatable bonds is 1. The Bertz CT molecular complexity index is 160. The molecule has 0 aromatic rings. The Morgan fingerprint density at radius 1 is 0.550 bits per heavy atom. The molecule has 20 heavy (non-hydrogen) atoms. The fourth-order valence-corrected chi connectivity index (χ4v) is 5.78. The summed E-state index contributed by atoms with van der Waals surface area (Å²) < 4.78 is 0. The molecule has 1 heterocycles. The summed E-state index contributed by atoms with van der Waals surface area (Å²) >= 11 is 0. The Morgan fingerprint density at radius 2 is 1.00 bits per heavy atom. The predicted molar refractivity (Wildman–Crippen MR) is 96.4 cm³/mol. The van der Waals surface area contributed by atoms with E-state index in [1.165, 1.54) is 79.2 Å². The Labute approximate surface area is 130 Å². The number of hydrogen-bond acceptors (Lipinski definition) is 0. The Hall–Kier alpha value is 0.430. The van der Waals surface area contributed by atoms with E-state index < -0.39 is 0 Å². The van der Waals surface area contributed by atoms with Gasteiger partial charge in [-0.05, 0) is 43.4 Å². The minimum Gasteiger partial charge on any atom is -0.119 e. The summed E-state index contributed by atoms with van der Waals surface area (Å²) in [6, 6.07) is 0. The van der Waals surface area contributed by atoms with Crippen LogP contribution in [0.5, 0.6) is 0 Å². The molecule has 0 aromatic carbocycles. The van der Waals surface area contributed by atoms with Crippen molar-refractivity contribution < 1.29 is 0 Å². The first-order chi connectivity index (χ1) is 9.97. The highest BCUT2D eigenvalue weighted by Gasteiger charge is 2.21. The lowest BCUT2D eigenvalue weighted by molar-refractivity contribution is 0.392. The molecule has 1 aliphatic carbocycles. The van der Waals surface area contributed by atoms with Crippen molar-refractivity contribution in [1.82, 2.24) is 0 Å². The molecule has 2 unspecified atom stereocenters. The van der Waals surface area contributed by atoms with Gasteiger partial charge in [0.1, 0.15) is 0 Å². The first-order valence-electron chi connectivity index (χ1n) is 9.70. The second-order valence-electron chi connectivity index (χ2n) is 6.58. The molecule has 2 rings (SSSR count). The lowest BCUT2D eigenvalue weighted by Crippen LogP contribution is -2.17. The van der Waals surface area contributed by atoms with Crippen LogP contribution in [0.1, 0.15) is 104 Å². The molecule has 1 aliphatic heterocycles. The Balaban J connectivity index is 0.000000956. The second-order valence-corrected chi connectivity index (χ2v) is 8.23. The van der Waals surface area contributed by atoms with Gasteiger partial charge in [-0.2, -0.15) is 0 Å². The van der Waals surface area contributed by atoms with Gasteiger partial charge in [-0.15, -0.1) is 8.58 Å². The fourth-order valence-electron chi connectivity index (χ4n) is 3.88. The van der Waals surface area contributed by atoms with Gasteiger partial charge in [-0.1, -0.05) is 78.1 Å². The van der Waals surface area contributed by atoms with Crippen LogP contribution in [-0.2, 0) is 0 Å². The zero-order chi connectivity index (χ0) is 14.5. The largest absolute Gasteiger partial charge is 0.119 e. The molecule has 0 spiro atoms. The van der Waals surface area contributed by atoms with Crippen molar-refractivity contribution in [3.63, 3.8) is 0 Å². The van der Waals surface area contributed by atoms with E-state index >= 15 is 0 Å². The molecular formula is C19H39P. The maximum absolute atomic E-state index is 2.00. The molecule has 0 aromatic heterocycles. The summed E-state index contributed by atoms with van der Waals surface area (Å²) in [6.07, 6.45) is 23.0. The van der Waals surface area contributed by atoms with E-state index in [4.69, 9.17) is 0 Å². The van der Waals surface area contributed by atoms with E-state index in [1.54, 1.807) is 25.4 Å². The van der Waals surface area contributed by atoms with Crippen molar-refractivity contribution in [2.75, 3.05) is 6.16 Å². The van der Waals surface area contributed by atoms with E-state index in [0.717, 1.165) is 11.6 Å². The van der Waals surface area contributed by atoms with Gasteiger partial charge < -0.3 is 0 Å². The summed E-state index contributed by atoms with van der Waals surface area (Å²) in [5.41, 5.74) is 1.13. The van der Waals surface area contributed by atoms with Gasteiger partial charge in [0.2, 0.25) is 0 Å². The van der Waals surface area contributed by atoms with Gasteiger partial charge in [0, 0.05) is 0 Å². The third-order valence-electron chi connectivity index (χ3n) is 5.07.